The molecule has 0 unspecified atom stereocenters. The van der Waals surface area contributed by atoms with E-state index in [1.165, 1.54) is 25.5 Å². The van der Waals surface area contributed by atoms with Crippen LogP contribution in [0, 0.1) is 0 Å². The zero-order valence-electron chi connectivity index (χ0n) is 7.40. The summed E-state index contributed by atoms with van der Waals surface area (Å²) >= 11 is 5.54. The third kappa shape index (κ3) is 2.70. The number of nitrogen functional groups attached to an aromatic ring is 1. The molecule has 0 aliphatic heterocycles. The number of nitrogens with two attached hydrogens (primary N) is 1. The molecule has 14 heavy (non-hydrogen) atoms. The lowest BCUT2D eigenvalue weighted by Crippen LogP contribution is -1.98. The minimum absolute atomic E-state index is 0.164. The van der Waals surface area contributed by atoms with E-state index in [9.17, 15) is 4.79 Å². The van der Waals surface area contributed by atoms with Crippen molar-refractivity contribution in [1.82, 2.24) is 9.97 Å². The highest BCUT2D eigenvalue weighted by Gasteiger charge is 2.00. The average molecular weight is 214 g/mol. The summed E-state index contributed by atoms with van der Waals surface area (Å²) in [6.45, 7) is 0. The Labute approximate surface area is 85.6 Å². The zero-order chi connectivity index (χ0) is 10.6. The van der Waals surface area contributed by atoms with Crippen LogP contribution in [0.25, 0.3) is 6.08 Å². The SMILES string of the molecule is COC(=O)/C=C/c1ncc(Cl)nc1N. The topological polar surface area (TPSA) is 78.1 Å². The highest BCUT2D eigenvalue weighted by molar-refractivity contribution is 6.29. The van der Waals surface area contributed by atoms with Gasteiger partial charge in [-0.15, -0.1) is 0 Å². The number of nitrogens with zero attached hydrogens (tertiary/aromatic N) is 2. The molecule has 1 aromatic heterocycles. The molecule has 0 spiro atoms. The van der Waals surface area contributed by atoms with E-state index in [0.717, 1.165) is 0 Å². The summed E-state index contributed by atoms with van der Waals surface area (Å²) in [5.74, 6) is -0.321. The molecule has 0 fully saturated rings. The van der Waals surface area contributed by atoms with Gasteiger partial charge in [0.2, 0.25) is 0 Å². The molecule has 0 aliphatic rings. The van der Waals surface area contributed by atoms with Crippen molar-refractivity contribution < 1.29 is 9.53 Å². The highest BCUT2D eigenvalue weighted by Crippen LogP contribution is 2.11. The number of carbonyl (C=O) groups excluding carboxylic acids is 1. The Bertz CT molecular complexity index is 379. The Kier molecular flexibility index (Phi) is 3.41. The van der Waals surface area contributed by atoms with E-state index in [4.69, 9.17) is 17.3 Å². The quantitative estimate of drug-likeness (QED) is 0.583. The summed E-state index contributed by atoms with van der Waals surface area (Å²) in [6, 6.07) is 0. The third-order valence-electron chi connectivity index (χ3n) is 1.38. The molecule has 0 saturated heterocycles. The van der Waals surface area contributed by atoms with Gasteiger partial charge in [0.1, 0.15) is 10.8 Å². The van der Waals surface area contributed by atoms with Crippen LogP contribution < -0.4 is 5.73 Å². The van der Waals surface area contributed by atoms with E-state index in [0.29, 0.717) is 5.69 Å². The molecular formula is C8H8ClN3O2. The molecule has 0 amide bonds. The van der Waals surface area contributed by atoms with Crippen LogP contribution >= 0.6 is 11.6 Å². The number of hydrogen-bond donors (Lipinski definition) is 1. The molecule has 6 heteroatoms. The van der Waals surface area contributed by atoms with E-state index in [-0.39, 0.29) is 11.0 Å². The third-order valence-corrected chi connectivity index (χ3v) is 1.56. The van der Waals surface area contributed by atoms with Crippen molar-refractivity contribution in [3.63, 3.8) is 0 Å². The van der Waals surface area contributed by atoms with E-state index in [1.54, 1.807) is 0 Å². The van der Waals surface area contributed by atoms with Crippen LogP contribution in [0.3, 0.4) is 0 Å². The molecule has 1 rings (SSSR count). The lowest BCUT2D eigenvalue weighted by atomic mass is 10.3. The number of hydrogen-bond acceptors (Lipinski definition) is 5. The summed E-state index contributed by atoms with van der Waals surface area (Å²) in [5, 5.41) is 0.206. The number of anilines is 1. The predicted molar refractivity (Wildman–Crippen MR) is 52.5 cm³/mol. The summed E-state index contributed by atoms with van der Waals surface area (Å²) in [4.78, 5) is 18.4. The molecule has 1 aromatic rings. The zero-order valence-corrected chi connectivity index (χ0v) is 8.15. The van der Waals surface area contributed by atoms with Crippen LogP contribution in [-0.2, 0) is 9.53 Å². The van der Waals surface area contributed by atoms with Gasteiger partial charge in [-0.2, -0.15) is 0 Å². The normalized spacial score (nSPS) is 10.4. The van der Waals surface area contributed by atoms with Crippen LogP contribution in [0.5, 0.6) is 0 Å². The lowest BCUT2D eigenvalue weighted by molar-refractivity contribution is -0.134. The number of aromatic nitrogens is 2. The van der Waals surface area contributed by atoms with Crippen LogP contribution in [0.2, 0.25) is 5.15 Å². The molecule has 0 atom stereocenters. The van der Waals surface area contributed by atoms with Gasteiger partial charge in [0.15, 0.2) is 5.82 Å². The summed E-state index contributed by atoms with van der Waals surface area (Å²) < 4.78 is 4.39. The molecule has 0 radical (unpaired) electrons. The van der Waals surface area contributed by atoms with Gasteiger partial charge < -0.3 is 10.5 Å². The van der Waals surface area contributed by atoms with Gasteiger partial charge in [0.25, 0.3) is 0 Å². The maximum Gasteiger partial charge on any atom is 0.330 e. The van der Waals surface area contributed by atoms with Crippen molar-refractivity contribution in [3.05, 3.63) is 23.1 Å². The minimum atomic E-state index is -0.485. The van der Waals surface area contributed by atoms with Crippen molar-refractivity contribution in [2.24, 2.45) is 0 Å². The van der Waals surface area contributed by atoms with Gasteiger partial charge in [0.05, 0.1) is 13.3 Å². The minimum Gasteiger partial charge on any atom is -0.466 e. The summed E-state index contributed by atoms with van der Waals surface area (Å²) in [5.41, 5.74) is 5.86. The first-order valence-electron chi connectivity index (χ1n) is 3.67. The smallest absolute Gasteiger partial charge is 0.330 e. The van der Waals surface area contributed by atoms with Gasteiger partial charge in [-0.25, -0.2) is 14.8 Å². The fourth-order valence-electron chi connectivity index (χ4n) is 0.734. The summed E-state index contributed by atoms with van der Waals surface area (Å²) in [7, 11) is 1.28. The van der Waals surface area contributed by atoms with E-state index in [1.807, 2.05) is 0 Å². The first-order valence-corrected chi connectivity index (χ1v) is 4.05. The number of ether oxygens (including phenoxy) is 1. The highest BCUT2D eigenvalue weighted by atomic mass is 35.5. The van der Waals surface area contributed by atoms with Crippen molar-refractivity contribution in [1.29, 1.82) is 0 Å². The van der Waals surface area contributed by atoms with Gasteiger partial charge in [0, 0.05) is 6.08 Å². The maximum atomic E-state index is 10.7. The van der Waals surface area contributed by atoms with E-state index >= 15 is 0 Å². The first kappa shape index (κ1) is 10.5. The second-order valence-electron chi connectivity index (χ2n) is 2.32. The molecule has 0 bridgehead atoms. The average Bonchev–Trinajstić information content (AvgIpc) is 2.16. The molecular weight excluding hydrogens is 206 g/mol. The number of methoxy groups -OCH3 is 1. The molecule has 0 saturated carbocycles. The van der Waals surface area contributed by atoms with Crippen LogP contribution in [0.1, 0.15) is 5.69 Å². The van der Waals surface area contributed by atoms with Crippen molar-refractivity contribution in [2.45, 2.75) is 0 Å². The number of rotatable bonds is 2. The number of esters is 1. The van der Waals surface area contributed by atoms with Crippen LogP contribution in [0.4, 0.5) is 5.82 Å². The van der Waals surface area contributed by atoms with Gasteiger partial charge in [-0.05, 0) is 6.08 Å². The molecule has 2 N–H and O–H groups in total. The molecule has 0 aliphatic carbocycles. The second kappa shape index (κ2) is 4.57. The van der Waals surface area contributed by atoms with E-state index in [2.05, 4.69) is 14.7 Å². The first-order chi connectivity index (χ1) is 6.63. The lowest BCUT2D eigenvalue weighted by Gasteiger charge is -1.97. The number of halogens is 1. The Morgan fingerprint density at radius 3 is 3.00 bits per heavy atom. The van der Waals surface area contributed by atoms with Crippen molar-refractivity contribution >= 4 is 29.5 Å². The monoisotopic (exact) mass is 213 g/mol. The fraction of sp³-hybridized carbons (Fsp3) is 0.125. The Morgan fingerprint density at radius 1 is 1.71 bits per heavy atom. The molecule has 5 nitrogen and oxygen atoms in total. The Morgan fingerprint density at radius 2 is 2.43 bits per heavy atom. The van der Waals surface area contributed by atoms with Crippen molar-refractivity contribution in [3.8, 4) is 0 Å². The standard InChI is InChI=1S/C8H8ClN3O2/c1-14-7(13)3-2-5-8(10)12-6(9)4-11-5/h2-4H,1H3,(H2,10,12)/b3-2+. The fourth-order valence-corrected chi connectivity index (χ4v) is 0.873. The van der Waals surface area contributed by atoms with Gasteiger partial charge in [-0.3, -0.25) is 0 Å². The van der Waals surface area contributed by atoms with Crippen molar-refractivity contribution in [2.75, 3.05) is 12.8 Å². The largest absolute Gasteiger partial charge is 0.466 e. The van der Waals surface area contributed by atoms with Gasteiger partial charge in [-0.1, -0.05) is 11.6 Å². The second-order valence-corrected chi connectivity index (χ2v) is 2.71. The molecule has 74 valence electrons. The van der Waals surface area contributed by atoms with E-state index < -0.39 is 5.97 Å². The Hall–Kier alpha value is -1.62. The maximum absolute atomic E-state index is 10.7. The molecule has 1 heterocycles. The number of carbonyl (C=O) groups is 1. The predicted octanol–water partition coefficient (Wildman–Crippen LogP) is 0.898. The van der Waals surface area contributed by atoms with Crippen LogP contribution in [0.15, 0.2) is 12.3 Å². The van der Waals surface area contributed by atoms with Gasteiger partial charge >= 0.3 is 5.97 Å². The Balaban J connectivity index is 2.87. The summed E-state index contributed by atoms with van der Waals surface area (Å²) in [6.07, 6.45) is 3.95. The molecule has 0 aromatic carbocycles. The van der Waals surface area contributed by atoms with Crippen LogP contribution in [-0.4, -0.2) is 23.0 Å².